The van der Waals surface area contributed by atoms with Crippen molar-refractivity contribution in [1.29, 1.82) is 0 Å². The normalized spacial score (nSPS) is 11.7. The summed E-state index contributed by atoms with van der Waals surface area (Å²) < 4.78 is 42.1. The van der Waals surface area contributed by atoms with Crippen molar-refractivity contribution < 1.29 is 17.7 Å². The highest BCUT2D eigenvalue weighted by Crippen LogP contribution is 2.18. The van der Waals surface area contributed by atoms with Crippen molar-refractivity contribution >= 4 is 22.5 Å². The van der Waals surface area contributed by atoms with E-state index in [1.54, 1.807) is 36.4 Å². The average molecular weight is 596 g/mol. The molecule has 0 aliphatic heterocycles. The second-order valence-corrected chi connectivity index (χ2v) is 12.5. The zero-order valence-corrected chi connectivity index (χ0v) is 27.7. The summed E-state index contributed by atoms with van der Waals surface area (Å²) in [5.74, 6) is -0.897. The molecule has 0 bridgehead atoms. The minimum atomic E-state index is -1.46. The zero-order chi connectivity index (χ0) is 31.6. The van der Waals surface area contributed by atoms with Crippen LogP contribution in [0.5, 0.6) is 0 Å². The van der Waals surface area contributed by atoms with E-state index in [0.717, 1.165) is 35.6 Å². The van der Waals surface area contributed by atoms with E-state index < -0.39 is 6.15 Å². The van der Waals surface area contributed by atoms with E-state index in [1.165, 1.54) is 118 Å². The molecule has 0 atom stereocenters. The molecule has 0 spiro atoms. The second kappa shape index (κ2) is 19.7. The fourth-order valence-electron chi connectivity index (χ4n) is 6.61. The van der Waals surface area contributed by atoms with Crippen molar-refractivity contribution in [3.8, 4) is 0 Å². The van der Waals surface area contributed by atoms with Gasteiger partial charge < -0.3 is 4.48 Å². The lowest BCUT2D eigenvalue weighted by Crippen LogP contribution is -2.67. The minimum Gasteiger partial charge on any atom is -0.324 e. The molecular weight excluding hydrogens is 538 g/mol. The fourth-order valence-corrected chi connectivity index (χ4v) is 6.61. The van der Waals surface area contributed by atoms with Crippen LogP contribution in [0.3, 0.4) is 0 Å². The van der Waals surface area contributed by atoms with Crippen LogP contribution < -0.4 is 16.4 Å². The summed E-state index contributed by atoms with van der Waals surface area (Å²) in [7, 11) is 0. The van der Waals surface area contributed by atoms with E-state index in [-0.39, 0.29) is 17.5 Å². The molecule has 0 fully saturated rings. The highest BCUT2D eigenvalue weighted by Gasteiger charge is 2.29. The Kier molecular flexibility index (Phi) is 16.8. The molecule has 238 valence electrons. The Balaban J connectivity index is 0.000000332. The van der Waals surface area contributed by atoms with Gasteiger partial charge in [-0.1, -0.05) is 110 Å². The first kappa shape index (κ1) is 36.7. The second-order valence-electron chi connectivity index (χ2n) is 12.5. The number of benzene rings is 3. The maximum atomic E-state index is 13.5. The first-order chi connectivity index (χ1) is 20.8. The minimum absolute atomic E-state index is 0.299. The van der Waals surface area contributed by atoms with Crippen LogP contribution in [-0.4, -0.2) is 36.8 Å². The Bertz CT molecular complexity index is 981. The predicted octanol–water partition coefficient (Wildman–Crippen LogP) is 9.38. The van der Waals surface area contributed by atoms with Crippen LogP contribution in [-0.2, 0) is 0 Å². The van der Waals surface area contributed by atoms with Crippen LogP contribution in [0.15, 0.2) is 72.8 Å². The van der Waals surface area contributed by atoms with Crippen molar-refractivity contribution in [3.63, 3.8) is 0 Å². The van der Waals surface area contributed by atoms with Crippen LogP contribution in [0.2, 0.25) is 6.32 Å². The topological polar surface area (TPSA) is 0 Å². The van der Waals surface area contributed by atoms with Crippen LogP contribution in [0, 0.1) is 17.5 Å². The van der Waals surface area contributed by atoms with Crippen molar-refractivity contribution in [2.75, 3.05) is 26.2 Å². The van der Waals surface area contributed by atoms with Gasteiger partial charge in [-0.3, -0.25) is 0 Å². The van der Waals surface area contributed by atoms with Crippen molar-refractivity contribution in [3.05, 3.63) is 90.2 Å². The first-order valence-corrected chi connectivity index (χ1v) is 17.1. The highest BCUT2D eigenvalue weighted by molar-refractivity contribution is 7.11. The maximum absolute atomic E-state index is 13.5. The smallest absolute Gasteiger partial charge is 0.122 e. The van der Waals surface area contributed by atoms with Gasteiger partial charge in [-0.15, -0.1) is 0 Å². The molecule has 1 nitrogen and oxygen atoms in total. The third-order valence-electron chi connectivity index (χ3n) is 9.25. The zero-order valence-electron chi connectivity index (χ0n) is 27.7. The third kappa shape index (κ3) is 11.2. The lowest BCUT2D eigenvalue weighted by atomic mass is 9.14. The average Bonchev–Trinajstić information content (AvgIpc) is 3.03. The molecule has 0 aliphatic rings. The molecule has 0 heterocycles. The van der Waals surface area contributed by atoms with Crippen LogP contribution in [0.1, 0.15) is 98.8 Å². The van der Waals surface area contributed by atoms with Crippen molar-refractivity contribution in [1.82, 2.24) is 0 Å². The van der Waals surface area contributed by atoms with Gasteiger partial charge in [0.15, 0.2) is 0 Å². The molecular formula is C38H57BF3N. The van der Waals surface area contributed by atoms with Crippen molar-refractivity contribution in [2.45, 2.75) is 105 Å². The van der Waals surface area contributed by atoms with E-state index >= 15 is 0 Å². The largest absolute Gasteiger partial charge is 0.324 e. The molecule has 3 aromatic carbocycles. The standard InChI is InChI=1S/C22H21BF3.C16H36N/c1-2-3-16-23(17-4-10-20(24)11-5-17,18-6-12-21(25)13-7-18)19-8-14-22(26)15-9-19;1-5-9-13-17(14-10-6-2,15-11-7-3)16-12-8-4/h4-15H,2-3,16H2,1H3;5-16H2,1-4H3/q-1;+1. The molecule has 0 saturated carbocycles. The van der Waals surface area contributed by atoms with Gasteiger partial charge in [-0.2, -0.15) is 22.7 Å². The maximum Gasteiger partial charge on any atom is 0.122 e. The molecule has 0 N–H and O–H groups in total. The summed E-state index contributed by atoms with van der Waals surface area (Å²) in [5, 5.41) is 0. The van der Waals surface area contributed by atoms with E-state index in [1.807, 2.05) is 0 Å². The molecule has 0 radical (unpaired) electrons. The Morgan fingerprint density at radius 2 is 0.674 bits per heavy atom. The summed E-state index contributed by atoms with van der Waals surface area (Å²) in [6.45, 7) is 17.1. The summed E-state index contributed by atoms with van der Waals surface area (Å²) in [6.07, 6.45) is 12.4. The fraction of sp³-hybridized carbons (Fsp3) is 0.526. The number of halogens is 3. The van der Waals surface area contributed by atoms with Gasteiger partial charge in [-0.25, -0.2) is 13.2 Å². The molecule has 0 saturated heterocycles. The van der Waals surface area contributed by atoms with E-state index in [9.17, 15) is 13.2 Å². The Morgan fingerprint density at radius 3 is 0.907 bits per heavy atom. The van der Waals surface area contributed by atoms with E-state index in [4.69, 9.17) is 0 Å². The number of quaternary nitrogens is 1. The van der Waals surface area contributed by atoms with E-state index in [0.29, 0.717) is 0 Å². The highest BCUT2D eigenvalue weighted by atomic mass is 19.1. The number of rotatable bonds is 18. The summed E-state index contributed by atoms with van der Waals surface area (Å²) in [4.78, 5) is 0. The van der Waals surface area contributed by atoms with Crippen LogP contribution in [0.25, 0.3) is 0 Å². The molecule has 43 heavy (non-hydrogen) atoms. The third-order valence-corrected chi connectivity index (χ3v) is 9.25. The van der Waals surface area contributed by atoms with Gasteiger partial charge in [0.1, 0.15) is 17.5 Å². The number of unbranched alkanes of at least 4 members (excludes halogenated alkanes) is 5. The summed E-state index contributed by atoms with van der Waals surface area (Å²) in [5.41, 5.74) is 2.91. The van der Waals surface area contributed by atoms with Crippen LogP contribution >= 0.6 is 0 Å². The molecule has 0 aliphatic carbocycles. The Labute approximate surface area is 261 Å². The molecule has 0 unspecified atom stereocenters. The number of hydrogen-bond acceptors (Lipinski definition) is 0. The van der Waals surface area contributed by atoms with E-state index in [2.05, 4.69) is 34.6 Å². The van der Waals surface area contributed by atoms with Gasteiger partial charge >= 0.3 is 0 Å². The van der Waals surface area contributed by atoms with Crippen molar-refractivity contribution in [2.24, 2.45) is 0 Å². The Hall–Kier alpha value is -2.53. The number of hydrogen-bond donors (Lipinski definition) is 0. The van der Waals surface area contributed by atoms with Gasteiger partial charge in [0, 0.05) is 0 Å². The molecule has 0 amide bonds. The van der Waals surface area contributed by atoms with Crippen LogP contribution in [0.4, 0.5) is 13.2 Å². The number of nitrogens with zero attached hydrogens (tertiary/aromatic N) is 1. The molecule has 3 aromatic rings. The van der Waals surface area contributed by atoms with Gasteiger partial charge in [0.2, 0.25) is 0 Å². The monoisotopic (exact) mass is 595 g/mol. The Morgan fingerprint density at radius 1 is 0.419 bits per heavy atom. The summed E-state index contributed by atoms with van der Waals surface area (Å²) in [6, 6.07) is 19.4. The first-order valence-electron chi connectivity index (χ1n) is 17.1. The van der Waals surface area contributed by atoms with Gasteiger partial charge in [0.05, 0.1) is 32.3 Å². The molecule has 5 heteroatoms. The molecule has 0 aromatic heterocycles. The summed E-state index contributed by atoms with van der Waals surface area (Å²) >= 11 is 0. The van der Waals surface area contributed by atoms with Gasteiger partial charge in [-0.05, 0) is 62.1 Å². The lowest BCUT2D eigenvalue weighted by Gasteiger charge is -2.43. The lowest BCUT2D eigenvalue weighted by molar-refractivity contribution is -0.929. The predicted molar refractivity (Wildman–Crippen MR) is 183 cm³/mol. The SMILES string of the molecule is CCCC[B-](c1ccc(F)cc1)(c1ccc(F)cc1)c1ccc(F)cc1.CCCC[N+](CCCC)(CCCC)CCCC. The van der Waals surface area contributed by atoms with Gasteiger partial charge in [0.25, 0.3) is 0 Å². The quantitative estimate of drug-likeness (QED) is 0.102. The molecule has 3 rings (SSSR count).